The maximum Gasteiger partial charge on any atom is 0.412 e. The van der Waals surface area contributed by atoms with Crippen LogP contribution in [0.15, 0.2) is 103 Å². The van der Waals surface area contributed by atoms with E-state index in [2.05, 4.69) is 76.2 Å². The van der Waals surface area contributed by atoms with E-state index in [1.807, 2.05) is 83.2 Å². The molecular formula is C40H51NO5Si. The lowest BCUT2D eigenvalue weighted by Crippen LogP contribution is -2.68. The van der Waals surface area contributed by atoms with Crippen LogP contribution in [0.25, 0.3) is 0 Å². The van der Waals surface area contributed by atoms with E-state index in [1.54, 1.807) is 4.90 Å². The van der Waals surface area contributed by atoms with Gasteiger partial charge in [0.15, 0.2) is 0 Å². The molecule has 5 atom stereocenters. The minimum absolute atomic E-state index is 0.0703. The predicted octanol–water partition coefficient (Wildman–Crippen LogP) is 7.48. The molecule has 0 aliphatic carbocycles. The molecule has 3 aromatic carbocycles. The Kier molecular flexibility index (Phi) is 9.75. The summed E-state index contributed by atoms with van der Waals surface area (Å²) in [4.78, 5) is 30.4. The molecule has 0 aromatic heterocycles. The number of carbonyl (C=O) groups excluding carboxylic acids is 2. The molecule has 47 heavy (non-hydrogen) atoms. The van der Waals surface area contributed by atoms with Gasteiger partial charge in [0.25, 0.3) is 8.32 Å². The van der Waals surface area contributed by atoms with Gasteiger partial charge >= 0.3 is 6.09 Å². The Morgan fingerprint density at radius 3 is 1.89 bits per heavy atom. The number of piperidine rings is 1. The van der Waals surface area contributed by atoms with E-state index in [1.165, 1.54) is 10.4 Å². The van der Waals surface area contributed by atoms with Crippen molar-refractivity contribution in [1.29, 1.82) is 0 Å². The van der Waals surface area contributed by atoms with E-state index in [4.69, 9.17) is 13.9 Å². The molecule has 2 heterocycles. The first-order valence-electron chi connectivity index (χ1n) is 16.8. The Balaban J connectivity index is 1.66. The zero-order valence-corrected chi connectivity index (χ0v) is 30.4. The second-order valence-corrected chi connectivity index (χ2v) is 19.7. The van der Waals surface area contributed by atoms with Gasteiger partial charge in [0.2, 0.25) is 0 Å². The molecule has 1 amide bonds. The van der Waals surface area contributed by atoms with Crippen molar-refractivity contribution in [2.75, 3.05) is 13.2 Å². The number of hydrogen-bond donors (Lipinski definition) is 0. The van der Waals surface area contributed by atoms with Crippen molar-refractivity contribution in [2.45, 2.75) is 91.2 Å². The first-order chi connectivity index (χ1) is 22.1. The molecule has 3 unspecified atom stereocenters. The number of likely N-dealkylation sites (tertiary alicyclic amines) is 1. The lowest BCUT2D eigenvalue weighted by atomic mass is 9.66. The number of rotatable bonds is 7. The van der Waals surface area contributed by atoms with Crippen LogP contribution in [0.1, 0.15) is 73.8 Å². The van der Waals surface area contributed by atoms with E-state index in [9.17, 15) is 9.59 Å². The molecule has 2 fully saturated rings. The maximum absolute atomic E-state index is 14.9. The van der Waals surface area contributed by atoms with Gasteiger partial charge in [-0.1, -0.05) is 125 Å². The average Bonchev–Trinajstić information content (AvgIpc) is 3.34. The van der Waals surface area contributed by atoms with Gasteiger partial charge in [-0.05, 0) is 61.2 Å². The van der Waals surface area contributed by atoms with Gasteiger partial charge in [0, 0.05) is 18.6 Å². The number of amides is 1. The maximum atomic E-state index is 14.9. The normalized spacial score (nSPS) is 25.4. The summed E-state index contributed by atoms with van der Waals surface area (Å²) in [7, 11) is -2.96. The Bertz CT molecular complexity index is 1540. The van der Waals surface area contributed by atoms with Crippen molar-refractivity contribution in [3.63, 3.8) is 0 Å². The number of fused-ring (bicyclic) bond motifs is 1. The summed E-state index contributed by atoms with van der Waals surface area (Å²) in [6.07, 6.45) is 0.323. The SMILES string of the molecule is C/C=C(\C)[C@H]1OC2C(C(=O)C(c3ccccc3)CN2C(=O)OC(C)(C)C)[C@@]1(C)CO[Si](c1ccccc1)(c1ccccc1)C(C)(C)C. The highest BCUT2D eigenvalue weighted by atomic mass is 28.4. The van der Waals surface area contributed by atoms with Crippen molar-refractivity contribution in [2.24, 2.45) is 11.3 Å². The molecule has 0 saturated carbocycles. The van der Waals surface area contributed by atoms with Crippen LogP contribution >= 0.6 is 0 Å². The van der Waals surface area contributed by atoms with Crippen molar-refractivity contribution in [3.8, 4) is 0 Å². The Hall–Kier alpha value is -3.52. The van der Waals surface area contributed by atoms with Crippen molar-refractivity contribution in [3.05, 3.63) is 108 Å². The number of ketones is 1. The standard InChI is InChI=1S/C40H51NO5Si/c1-10-28(2)35-40(9,27-44-47(39(6,7)8,30-22-16-12-17-23-30)31-24-18-13-19-25-31)33-34(42)32(29-20-14-11-15-21-29)26-41(36(33)45-35)37(43)46-38(3,4)5/h10-25,32-33,35-36H,26-27H2,1-9H3/b28-10+/t32?,33?,35-,36?,40-/m1/s1. The predicted molar refractivity (Wildman–Crippen MR) is 190 cm³/mol. The van der Waals surface area contributed by atoms with E-state index in [-0.39, 0.29) is 24.0 Å². The minimum atomic E-state index is -2.96. The fourth-order valence-corrected chi connectivity index (χ4v) is 12.3. The molecule has 0 N–H and O–H groups in total. The van der Waals surface area contributed by atoms with Gasteiger partial charge in [0.1, 0.15) is 17.6 Å². The molecule has 3 aromatic rings. The van der Waals surface area contributed by atoms with Crippen LogP contribution in [0.2, 0.25) is 5.04 Å². The van der Waals surface area contributed by atoms with Crippen LogP contribution in [0.5, 0.6) is 0 Å². The molecule has 2 aliphatic rings. The zero-order valence-electron chi connectivity index (χ0n) is 29.4. The van der Waals surface area contributed by atoms with E-state index >= 15 is 0 Å². The lowest BCUT2D eigenvalue weighted by Gasteiger charge is -2.47. The Morgan fingerprint density at radius 2 is 1.43 bits per heavy atom. The number of nitrogens with zero attached hydrogens (tertiary/aromatic N) is 1. The Labute approximate surface area is 282 Å². The van der Waals surface area contributed by atoms with Gasteiger partial charge in [-0.2, -0.15) is 0 Å². The first kappa shape index (κ1) is 34.8. The largest absolute Gasteiger partial charge is 0.444 e. The number of Topliss-reactive ketones (excluding diaryl/α,β-unsaturated/α-hetero) is 1. The number of benzene rings is 3. The topological polar surface area (TPSA) is 65.1 Å². The monoisotopic (exact) mass is 653 g/mol. The van der Waals surface area contributed by atoms with Gasteiger partial charge in [-0.25, -0.2) is 4.79 Å². The van der Waals surface area contributed by atoms with Crippen LogP contribution in [0, 0.1) is 11.3 Å². The highest BCUT2D eigenvalue weighted by Crippen LogP contribution is 2.53. The zero-order chi connectivity index (χ0) is 34.2. The summed E-state index contributed by atoms with van der Waals surface area (Å²) < 4.78 is 20.3. The molecule has 5 rings (SSSR count). The van der Waals surface area contributed by atoms with Crippen LogP contribution in [-0.2, 0) is 18.7 Å². The van der Waals surface area contributed by atoms with Crippen LogP contribution in [0.4, 0.5) is 4.79 Å². The van der Waals surface area contributed by atoms with Crippen molar-refractivity contribution in [1.82, 2.24) is 4.90 Å². The molecule has 0 spiro atoms. The smallest absolute Gasteiger partial charge is 0.412 e. The van der Waals surface area contributed by atoms with Crippen molar-refractivity contribution < 1.29 is 23.5 Å². The number of ether oxygens (including phenoxy) is 2. The third-order valence-corrected chi connectivity index (χ3v) is 14.9. The third kappa shape index (κ3) is 6.50. The average molecular weight is 654 g/mol. The summed E-state index contributed by atoms with van der Waals surface area (Å²) >= 11 is 0. The van der Waals surface area contributed by atoms with Crippen molar-refractivity contribution >= 4 is 30.6 Å². The minimum Gasteiger partial charge on any atom is -0.444 e. The number of carbonyl (C=O) groups is 2. The molecule has 0 radical (unpaired) electrons. The van der Waals surface area contributed by atoms with Gasteiger partial charge in [-0.15, -0.1) is 0 Å². The molecule has 0 bridgehead atoms. The van der Waals surface area contributed by atoms with E-state index < -0.39 is 49.6 Å². The molecular weight excluding hydrogens is 603 g/mol. The van der Waals surface area contributed by atoms with Gasteiger partial charge < -0.3 is 13.9 Å². The molecule has 6 nitrogen and oxygen atoms in total. The molecule has 2 aliphatic heterocycles. The second-order valence-electron chi connectivity index (χ2n) is 15.4. The van der Waals surface area contributed by atoms with Crippen LogP contribution in [-0.4, -0.2) is 56.2 Å². The third-order valence-electron chi connectivity index (χ3n) is 9.92. The second kappa shape index (κ2) is 13.2. The highest BCUT2D eigenvalue weighted by molar-refractivity contribution is 6.99. The van der Waals surface area contributed by atoms with Crippen LogP contribution in [0.3, 0.4) is 0 Å². The molecule has 7 heteroatoms. The molecule has 250 valence electrons. The fraction of sp³-hybridized carbons (Fsp3) is 0.450. The number of allylic oxidation sites excluding steroid dienone is 1. The summed E-state index contributed by atoms with van der Waals surface area (Å²) in [5.41, 5.74) is 0.384. The lowest BCUT2D eigenvalue weighted by molar-refractivity contribution is -0.141. The van der Waals surface area contributed by atoms with E-state index in [0.29, 0.717) is 0 Å². The highest BCUT2D eigenvalue weighted by Gasteiger charge is 2.64. The Morgan fingerprint density at radius 1 is 0.915 bits per heavy atom. The first-order valence-corrected chi connectivity index (χ1v) is 18.7. The number of hydrogen-bond acceptors (Lipinski definition) is 5. The summed E-state index contributed by atoms with van der Waals surface area (Å²) in [6, 6.07) is 30.8. The summed E-state index contributed by atoms with van der Waals surface area (Å²) in [5.74, 6) is -1.10. The molecule has 2 saturated heterocycles. The fourth-order valence-electron chi connectivity index (χ4n) is 7.61. The van der Waals surface area contributed by atoms with Gasteiger partial charge in [-0.3, -0.25) is 9.69 Å². The van der Waals surface area contributed by atoms with Crippen LogP contribution < -0.4 is 10.4 Å². The summed E-state index contributed by atoms with van der Waals surface area (Å²) in [6.45, 7) is 18.9. The summed E-state index contributed by atoms with van der Waals surface area (Å²) in [5, 5.41) is 2.09. The quantitative estimate of drug-likeness (QED) is 0.196. The van der Waals surface area contributed by atoms with Gasteiger partial charge in [0.05, 0.1) is 17.9 Å². The van der Waals surface area contributed by atoms with E-state index in [0.717, 1.165) is 11.1 Å².